The molecule has 0 aromatic heterocycles. The largest absolute Gasteiger partial charge is 0.462 e. The molecule has 0 bridgehead atoms. The molecule has 6 heteroatoms. The van der Waals surface area contributed by atoms with Crippen LogP contribution in [0.3, 0.4) is 0 Å². The number of hydrogen-bond donors (Lipinski definition) is 0. The number of unbranched alkanes of at least 4 members (excludes halogenated alkanes) is 17. The van der Waals surface area contributed by atoms with E-state index in [4.69, 9.17) is 14.2 Å². The van der Waals surface area contributed by atoms with Gasteiger partial charge in [-0.05, 0) is 96.3 Å². The van der Waals surface area contributed by atoms with Crippen molar-refractivity contribution in [1.82, 2.24) is 0 Å². The number of carbonyl (C=O) groups excluding carboxylic acids is 3. The average Bonchev–Trinajstić information content (AvgIpc) is 3.23. The molecule has 0 rings (SSSR count). The van der Waals surface area contributed by atoms with Gasteiger partial charge in [-0.3, -0.25) is 14.4 Å². The molecule has 0 amide bonds. The number of ether oxygens (including phenoxy) is 3. The lowest BCUT2D eigenvalue weighted by Gasteiger charge is -2.18. The van der Waals surface area contributed by atoms with Gasteiger partial charge in [0, 0.05) is 19.3 Å². The van der Waals surface area contributed by atoms with Crippen molar-refractivity contribution in [1.29, 1.82) is 0 Å². The van der Waals surface area contributed by atoms with Crippen molar-refractivity contribution in [3.63, 3.8) is 0 Å². The molecule has 0 aliphatic carbocycles. The van der Waals surface area contributed by atoms with Crippen LogP contribution in [0.15, 0.2) is 85.1 Å². The molecular weight excluding hydrogens is 733 g/mol. The summed E-state index contributed by atoms with van der Waals surface area (Å²) in [4.78, 5) is 37.7. The van der Waals surface area contributed by atoms with Gasteiger partial charge in [-0.2, -0.15) is 0 Å². The highest BCUT2D eigenvalue weighted by Gasteiger charge is 2.19. The first-order valence-corrected chi connectivity index (χ1v) is 24.1. The molecule has 0 radical (unpaired) electrons. The van der Waals surface area contributed by atoms with Crippen LogP contribution in [-0.2, 0) is 28.6 Å². The standard InChI is InChI=1S/C53H88O6/c1-4-7-10-13-16-18-20-22-24-26-27-28-30-31-33-35-37-40-43-46-52(55)58-49-50(48-57-51(54)45-42-39-15-12-9-6-3)59-53(56)47-44-41-38-36-34-32-29-25-23-21-19-17-14-11-8-5-2/h7,10,16,18-19,21-22,24-25,27-29,31,33,50H,4-6,8-9,11-15,17,20,23,26,30,32,34-49H2,1-3H3/b10-7-,18-16-,21-19-,24-22-,28-27-,29-25-,33-31-. The molecule has 336 valence electrons. The lowest BCUT2D eigenvalue weighted by Crippen LogP contribution is -2.30. The molecule has 0 aliphatic heterocycles. The number of allylic oxidation sites excluding steroid dienone is 14. The quantitative estimate of drug-likeness (QED) is 0.0264. The molecule has 0 spiro atoms. The zero-order chi connectivity index (χ0) is 43.0. The average molecular weight is 821 g/mol. The van der Waals surface area contributed by atoms with Crippen molar-refractivity contribution in [2.75, 3.05) is 13.2 Å². The summed E-state index contributed by atoms with van der Waals surface area (Å²) in [5.74, 6) is -0.956. The topological polar surface area (TPSA) is 78.9 Å². The fourth-order valence-electron chi connectivity index (χ4n) is 6.26. The highest BCUT2D eigenvalue weighted by Crippen LogP contribution is 2.12. The van der Waals surface area contributed by atoms with Gasteiger partial charge in [-0.15, -0.1) is 0 Å². The van der Waals surface area contributed by atoms with E-state index >= 15 is 0 Å². The fraction of sp³-hybridized carbons (Fsp3) is 0.679. The first-order valence-electron chi connectivity index (χ1n) is 24.1. The van der Waals surface area contributed by atoms with Gasteiger partial charge in [0.25, 0.3) is 0 Å². The number of esters is 3. The third-order valence-electron chi connectivity index (χ3n) is 9.88. The van der Waals surface area contributed by atoms with Gasteiger partial charge in [0.15, 0.2) is 6.10 Å². The molecule has 0 heterocycles. The van der Waals surface area contributed by atoms with E-state index in [1.807, 2.05) is 0 Å². The SMILES string of the molecule is CC/C=C\C/C=C\C/C=C\C/C=C\C/C=C\CCCCCC(=O)OCC(COC(=O)CCCCCCCC)OC(=O)CCCCCCC/C=C\C/C=C\CCCCCC. The normalized spacial score (nSPS) is 12.8. The van der Waals surface area contributed by atoms with Crippen molar-refractivity contribution in [3.8, 4) is 0 Å². The number of hydrogen-bond acceptors (Lipinski definition) is 6. The van der Waals surface area contributed by atoms with Crippen LogP contribution in [-0.4, -0.2) is 37.2 Å². The lowest BCUT2D eigenvalue weighted by molar-refractivity contribution is -0.167. The van der Waals surface area contributed by atoms with E-state index in [-0.39, 0.29) is 31.1 Å². The Morgan fingerprint density at radius 2 is 0.661 bits per heavy atom. The Kier molecular flexibility index (Phi) is 44.5. The van der Waals surface area contributed by atoms with Crippen molar-refractivity contribution in [3.05, 3.63) is 85.1 Å². The van der Waals surface area contributed by atoms with Crippen LogP contribution in [0.4, 0.5) is 0 Å². The van der Waals surface area contributed by atoms with E-state index in [9.17, 15) is 14.4 Å². The molecule has 0 saturated heterocycles. The van der Waals surface area contributed by atoms with Gasteiger partial charge in [-0.1, -0.05) is 183 Å². The van der Waals surface area contributed by atoms with E-state index in [0.717, 1.165) is 122 Å². The molecule has 59 heavy (non-hydrogen) atoms. The van der Waals surface area contributed by atoms with E-state index in [1.165, 1.54) is 51.4 Å². The Morgan fingerprint density at radius 3 is 1.07 bits per heavy atom. The van der Waals surface area contributed by atoms with Gasteiger partial charge >= 0.3 is 17.9 Å². The maximum Gasteiger partial charge on any atom is 0.306 e. The van der Waals surface area contributed by atoms with Crippen molar-refractivity contribution >= 4 is 17.9 Å². The van der Waals surface area contributed by atoms with Crippen LogP contribution in [0.5, 0.6) is 0 Å². The van der Waals surface area contributed by atoms with Crippen LogP contribution >= 0.6 is 0 Å². The predicted octanol–water partition coefficient (Wildman–Crippen LogP) is 15.6. The third kappa shape index (κ3) is 45.5. The van der Waals surface area contributed by atoms with Gasteiger partial charge in [0.2, 0.25) is 0 Å². The fourth-order valence-corrected chi connectivity index (χ4v) is 6.26. The Labute approximate surface area is 363 Å². The Morgan fingerprint density at radius 1 is 0.356 bits per heavy atom. The minimum absolute atomic E-state index is 0.0940. The molecule has 0 N–H and O–H groups in total. The Balaban J connectivity index is 4.35. The molecule has 1 atom stereocenters. The monoisotopic (exact) mass is 821 g/mol. The summed E-state index contributed by atoms with van der Waals surface area (Å²) in [7, 11) is 0. The minimum Gasteiger partial charge on any atom is -0.462 e. The zero-order valence-electron chi connectivity index (χ0n) is 38.2. The highest BCUT2D eigenvalue weighted by molar-refractivity contribution is 5.71. The van der Waals surface area contributed by atoms with Crippen LogP contribution in [0.25, 0.3) is 0 Å². The predicted molar refractivity (Wildman–Crippen MR) is 251 cm³/mol. The summed E-state index contributed by atoms with van der Waals surface area (Å²) < 4.78 is 16.6. The van der Waals surface area contributed by atoms with Crippen molar-refractivity contribution in [2.24, 2.45) is 0 Å². The molecule has 0 saturated carbocycles. The maximum absolute atomic E-state index is 12.7. The van der Waals surface area contributed by atoms with E-state index in [2.05, 4.69) is 106 Å². The Bertz CT molecular complexity index is 1170. The van der Waals surface area contributed by atoms with Gasteiger partial charge < -0.3 is 14.2 Å². The summed E-state index contributed by atoms with van der Waals surface area (Å²) in [6.45, 7) is 6.39. The minimum atomic E-state index is -0.794. The third-order valence-corrected chi connectivity index (χ3v) is 9.88. The number of carbonyl (C=O) groups is 3. The summed E-state index contributed by atoms with van der Waals surface area (Å²) in [5, 5.41) is 0. The maximum atomic E-state index is 12.7. The molecule has 0 aromatic carbocycles. The summed E-state index contributed by atoms with van der Waals surface area (Å²) >= 11 is 0. The molecule has 1 unspecified atom stereocenters. The molecule has 0 fully saturated rings. The lowest BCUT2D eigenvalue weighted by atomic mass is 10.1. The molecule has 6 nitrogen and oxygen atoms in total. The van der Waals surface area contributed by atoms with Crippen LogP contribution < -0.4 is 0 Å². The van der Waals surface area contributed by atoms with E-state index in [0.29, 0.717) is 19.3 Å². The smallest absolute Gasteiger partial charge is 0.306 e. The van der Waals surface area contributed by atoms with E-state index in [1.54, 1.807) is 0 Å². The number of rotatable bonds is 42. The Hall–Kier alpha value is -3.41. The van der Waals surface area contributed by atoms with Gasteiger partial charge in [0.05, 0.1) is 0 Å². The molecule has 0 aliphatic rings. The van der Waals surface area contributed by atoms with Crippen molar-refractivity contribution in [2.45, 2.75) is 219 Å². The molecule has 0 aromatic rings. The second-order valence-electron chi connectivity index (χ2n) is 15.6. The zero-order valence-corrected chi connectivity index (χ0v) is 38.2. The van der Waals surface area contributed by atoms with Gasteiger partial charge in [-0.25, -0.2) is 0 Å². The second-order valence-corrected chi connectivity index (χ2v) is 15.6. The van der Waals surface area contributed by atoms with Crippen LogP contribution in [0.2, 0.25) is 0 Å². The highest BCUT2D eigenvalue weighted by atomic mass is 16.6. The first kappa shape index (κ1) is 55.6. The van der Waals surface area contributed by atoms with Crippen LogP contribution in [0.1, 0.15) is 213 Å². The first-order chi connectivity index (χ1) is 29.0. The summed E-state index contributed by atoms with van der Waals surface area (Å²) in [5.41, 5.74) is 0. The second kappa shape index (κ2) is 47.3. The summed E-state index contributed by atoms with van der Waals surface area (Å²) in [6.07, 6.45) is 60.1. The van der Waals surface area contributed by atoms with E-state index < -0.39 is 6.10 Å². The van der Waals surface area contributed by atoms with Gasteiger partial charge in [0.1, 0.15) is 13.2 Å². The van der Waals surface area contributed by atoms with Crippen LogP contribution in [0, 0.1) is 0 Å². The van der Waals surface area contributed by atoms with Crippen molar-refractivity contribution < 1.29 is 28.6 Å². The summed E-state index contributed by atoms with van der Waals surface area (Å²) in [6, 6.07) is 0. The molecular formula is C53H88O6.